The molecule has 0 amide bonds. The minimum Gasteiger partial charge on any atom is -0.466 e. The molecular weight excluding hydrogens is 294 g/mol. The quantitative estimate of drug-likeness (QED) is 0.772. The van der Waals surface area contributed by atoms with Crippen LogP contribution in [0.4, 0.5) is 8.78 Å². The topological polar surface area (TPSA) is 26.3 Å². The number of hydrogen-bond acceptors (Lipinski definition) is 2. The minimum atomic E-state index is -2.52. The number of carbonyl (C=O) groups excluding carboxylic acids is 1. The Balaban J connectivity index is 2.66. The van der Waals surface area contributed by atoms with E-state index in [4.69, 9.17) is 4.74 Å². The van der Waals surface area contributed by atoms with Gasteiger partial charge in [0.15, 0.2) is 0 Å². The molecule has 0 aliphatic heterocycles. The van der Waals surface area contributed by atoms with E-state index in [-0.39, 0.29) is 18.0 Å². The number of alkyl halides is 2. The van der Waals surface area contributed by atoms with Crippen LogP contribution < -0.4 is 0 Å². The second-order valence-electron chi connectivity index (χ2n) is 3.46. The lowest BCUT2D eigenvalue weighted by Gasteiger charge is -2.07. The third-order valence-electron chi connectivity index (χ3n) is 2.22. The van der Waals surface area contributed by atoms with Gasteiger partial charge in [0.1, 0.15) is 0 Å². The number of aryl methyl sites for hydroxylation is 1. The van der Waals surface area contributed by atoms with Crippen LogP contribution in [0.2, 0.25) is 0 Å². The molecule has 0 bridgehead atoms. The molecule has 0 aliphatic rings. The maximum absolute atomic E-state index is 12.6. The van der Waals surface area contributed by atoms with Gasteiger partial charge < -0.3 is 4.74 Å². The molecule has 0 spiro atoms. The molecule has 0 saturated carbocycles. The molecule has 0 heterocycles. The van der Waals surface area contributed by atoms with Crippen molar-refractivity contribution in [2.24, 2.45) is 0 Å². The first-order valence-electron chi connectivity index (χ1n) is 5.26. The van der Waals surface area contributed by atoms with E-state index in [1.54, 1.807) is 19.1 Å². The molecule has 0 radical (unpaired) electrons. The fraction of sp³-hybridized carbons (Fsp3) is 0.417. The number of benzene rings is 1. The summed E-state index contributed by atoms with van der Waals surface area (Å²) >= 11 is 3.06. The molecule has 0 aliphatic carbocycles. The Bertz CT molecular complexity index is 394. The van der Waals surface area contributed by atoms with Gasteiger partial charge in [-0.2, -0.15) is 0 Å². The maximum atomic E-state index is 12.6. The van der Waals surface area contributed by atoms with Gasteiger partial charge in [0.25, 0.3) is 6.43 Å². The predicted octanol–water partition coefficient (Wildman–Crippen LogP) is 3.88. The summed E-state index contributed by atoms with van der Waals surface area (Å²) in [5, 5.41) is 0. The number of hydrogen-bond donors (Lipinski definition) is 0. The van der Waals surface area contributed by atoms with Gasteiger partial charge in [-0.1, -0.05) is 22.0 Å². The molecule has 17 heavy (non-hydrogen) atoms. The van der Waals surface area contributed by atoms with Gasteiger partial charge in [0.2, 0.25) is 0 Å². The number of rotatable bonds is 5. The third kappa shape index (κ3) is 4.42. The fourth-order valence-corrected chi connectivity index (χ4v) is 1.82. The van der Waals surface area contributed by atoms with E-state index in [9.17, 15) is 13.6 Å². The first-order chi connectivity index (χ1) is 8.04. The molecule has 0 atom stereocenters. The fourth-order valence-electron chi connectivity index (χ4n) is 1.40. The number of esters is 1. The molecule has 5 heteroatoms. The normalized spacial score (nSPS) is 10.6. The van der Waals surface area contributed by atoms with E-state index < -0.39 is 6.43 Å². The van der Waals surface area contributed by atoms with Gasteiger partial charge in [-0.25, -0.2) is 8.78 Å². The summed E-state index contributed by atoms with van der Waals surface area (Å²) < 4.78 is 30.4. The van der Waals surface area contributed by atoms with Gasteiger partial charge in [0, 0.05) is 16.5 Å². The molecular formula is C12H13BrF2O2. The zero-order valence-electron chi connectivity index (χ0n) is 9.38. The molecule has 0 fully saturated rings. The van der Waals surface area contributed by atoms with E-state index in [0.717, 1.165) is 0 Å². The molecule has 2 nitrogen and oxygen atoms in total. The van der Waals surface area contributed by atoms with Crippen molar-refractivity contribution >= 4 is 21.9 Å². The number of carbonyl (C=O) groups is 1. The van der Waals surface area contributed by atoms with Crippen molar-refractivity contribution in [1.29, 1.82) is 0 Å². The Morgan fingerprint density at radius 2 is 2.18 bits per heavy atom. The molecule has 0 aromatic heterocycles. The largest absolute Gasteiger partial charge is 0.466 e. The third-order valence-corrected chi connectivity index (χ3v) is 2.94. The van der Waals surface area contributed by atoms with Crippen LogP contribution in [0.5, 0.6) is 0 Å². The van der Waals surface area contributed by atoms with Crippen LogP contribution in [0.3, 0.4) is 0 Å². The van der Waals surface area contributed by atoms with E-state index in [2.05, 4.69) is 15.9 Å². The summed E-state index contributed by atoms with van der Waals surface area (Å²) in [6.07, 6.45) is -1.91. The SMILES string of the molecule is CCOC(=O)CCc1ccc(Br)c(C(F)F)c1. The highest BCUT2D eigenvalue weighted by Crippen LogP contribution is 2.28. The smallest absolute Gasteiger partial charge is 0.306 e. The Kier molecular flexibility index (Phi) is 5.55. The summed E-state index contributed by atoms with van der Waals surface area (Å²) in [4.78, 5) is 11.1. The molecule has 1 aromatic carbocycles. The zero-order valence-corrected chi connectivity index (χ0v) is 11.0. The van der Waals surface area contributed by atoms with Crippen molar-refractivity contribution in [2.75, 3.05) is 6.61 Å². The monoisotopic (exact) mass is 306 g/mol. The lowest BCUT2D eigenvalue weighted by molar-refractivity contribution is -0.143. The van der Waals surface area contributed by atoms with Crippen LogP contribution >= 0.6 is 15.9 Å². The second kappa shape index (κ2) is 6.69. The maximum Gasteiger partial charge on any atom is 0.306 e. The average molecular weight is 307 g/mol. The van der Waals surface area contributed by atoms with Crippen molar-refractivity contribution in [3.8, 4) is 0 Å². The summed E-state index contributed by atoms with van der Waals surface area (Å²) in [5.74, 6) is -0.311. The first kappa shape index (κ1) is 14.1. The van der Waals surface area contributed by atoms with Gasteiger partial charge >= 0.3 is 5.97 Å². The van der Waals surface area contributed by atoms with Crippen molar-refractivity contribution in [1.82, 2.24) is 0 Å². The van der Waals surface area contributed by atoms with E-state index in [1.807, 2.05) is 0 Å². The molecule has 0 N–H and O–H groups in total. The second-order valence-corrected chi connectivity index (χ2v) is 4.32. The Hall–Kier alpha value is -0.970. The molecule has 0 saturated heterocycles. The van der Waals surface area contributed by atoms with Gasteiger partial charge in [-0.05, 0) is 31.0 Å². The summed E-state index contributed by atoms with van der Waals surface area (Å²) in [7, 11) is 0. The van der Waals surface area contributed by atoms with Crippen LogP contribution in [-0.4, -0.2) is 12.6 Å². The highest BCUT2D eigenvalue weighted by molar-refractivity contribution is 9.10. The summed E-state index contributed by atoms with van der Waals surface area (Å²) in [5.41, 5.74) is 0.655. The van der Waals surface area contributed by atoms with Crippen LogP contribution in [0.25, 0.3) is 0 Å². The van der Waals surface area contributed by atoms with Crippen LogP contribution in [0, 0.1) is 0 Å². The van der Waals surface area contributed by atoms with Gasteiger partial charge in [-0.3, -0.25) is 4.79 Å². The van der Waals surface area contributed by atoms with Gasteiger partial charge in [-0.15, -0.1) is 0 Å². The van der Waals surface area contributed by atoms with Crippen molar-refractivity contribution in [2.45, 2.75) is 26.2 Å². The molecule has 0 unspecified atom stereocenters. The summed E-state index contributed by atoms with van der Waals surface area (Å²) in [6.45, 7) is 2.06. The number of halogens is 3. The van der Waals surface area contributed by atoms with Crippen molar-refractivity contribution in [3.63, 3.8) is 0 Å². The summed E-state index contributed by atoms with van der Waals surface area (Å²) in [6, 6.07) is 4.70. The van der Waals surface area contributed by atoms with Crippen LogP contribution in [0.15, 0.2) is 22.7 Å². The van der Waals surface area contributed by atoms with Crippen molar-refractivity contribution in [3.05, 3.63) is 33.8 Å². The average Bonchev–Trinajstić information content (AvgIpc) is 2.28. The predicted molar refractivity (Wildman–Crippen MR) is 64.1 cm³/mol. The lowest BCUT2D eigenvalue weighted by atomic mass is 10.1. The first-order valence-corrected chi connectivity index (χ1v) is 6.06. The lowest BCUT2D eigenvalue weighted by Crippen LogP contribution is -2.05. The Morgan fingerprint density at radius 3 is 2.76 bits per heavy atom. The van der Waals surface area contributed by atoms with Crippen molar-refractivity contribution < 1.29 is 18.3 Å². The highest BCUT2D eigenvalue weighted by Gasteiger charge is 2.12. The van der Waals surface area contributed by atoms with Crippen LogP contribution in [-0.2, 0) is 16.0 Å². The van der Waals surface area contributed by atoms with E-state index in [0.29, 0.717) is 23.1 Å². The Morgan fingerprint density at radius 1 is 1.47 bits per heavy atom. The van der Waals surface area contributed by atoms with E-state index in [1.165, 1.54) is 6.07 Å². The Labute approximate surface area is 107 Å². The zero-order chi connectivity index (χ0) is 12.8. The molecule has 94 valence electrons. The van der Waals surface area contributed by atoms with Gasteiger partial charge in [0.05, 0.1) is 6.61 Å². The molecule has 1 rings (SSSR count). The highest BCUT2D eigenvalue weighted by atomic mass is 79.9. The standard InChI is InChI=1S/C12H13BrF2O2/c1-2-17-11(16)6-4-8-3-5-10(13)9(7-8)12(14)15/h3,5,7,12H,2,4,6H2,1H3. The van der Waals surface area contributed by atoms with Crippen LogP contribution in [0.1, 0.15) is 30.9 Å². The molecule has 1 aromatic rings. The number of ether oxygens (including phenoxy) is 1. The van der Waals surface area contributed by atoms with E-state index >= 15 is 0 Å². The minimum absolute atomic E-state index is 0.0497.